The van der Waals surface area contributed by atoms with Gasteiger partial charge < -0.3 is 16.5 Å². The molecule has 34 heavy (non-hydrogen) atoms. The van der Waals surface area contributed by atoms with Crippen molar-refractivity contribution in [3.05, 3.63) is 6.04 Å². The first kappa shape index (κ1) is 34.4. The van der Waals surface area contributed by atoms with Crippen LogP contribution in [0.25, 0.3) is 0 Å². The van der Waals surface area contributed by atoms with Crippen LogP contribution in [0.15, 0.2) is 0 Å². The highest BCUT2D eigenvalue weighted by molar-refractivity contribution is 6.92. The lowest BCUT2D eigenvalue weighted by Crippen LogP contribution is -2.64. The Balaban J connectivity index is 6.05. The van der Waals surface area contributed by atoms with Crippen molar-refractivity contribution < 1.29 is 47.2 Å². The fourth-order valence-corrected chi connectivity index (χ4v) is 23.3. The lowest BCUT2D eigenvalue weighted by molar-refractivity contribution is -0.354. The average Bonchev–Trinajstić information content (AvgIpc) is 2.46. The summed E-state index contributed by atoms with van der Waals surface area (Å²) in [5.41, 5.74) is 0. The van der Waals surface area contributed by atoms with Gasteiger partial charge in [0.15, 0.2) is 25.0 Å². The molecule has 0 aromatic rings. The Morgan fingerprint density at radius 2 is 1.09 bits per heavy atom. The van der Waals surface area contributed by atoms with Crippen LogP contribution in [0, 0.1) is 6.04 Å². The molecule has 0 aromatic carbocycles. The lowest BCUT2D eigenvalue weighted by Gasteiger charge is -2.45. The molecule has 4 nitrogen and oxygen atoms in total. The minimum Gasteiger partial charge on any atom is -0.437 e. The highest BCUT2D eigenvalue weighted by atomic mass is 28.5. The third-order valence-corrected chi connectivity index (χ3v) is 20.9. The summed E-state index contributed by atoms with van der Waals surface area (Å²) in [6.07, 6.45) is -7.57. The van der Waals surface area contributed by atoms with E-state index in [1.807, 2.05) is 59.3 Å². The number of alkyl halides is 7. The summed E-state index contributed by atoms with van der Waals surface area (Å²) in [6.45, 7) is 20.1. The standard InChI is InChI=1S/C18H40F7O4Si5/c1-12-14-34(27-31(5,6)7,29-33(10,11)26-30(2,3)4)28-32(8,9)15-13-16(19,20)17(21,22)18(23,24)25/h14H,12-13,15H2,1-11H3. The van der Waals surface area contributed by atoms with E-state index in [1.54, 1.807) is 6.04 Å². The van der Waals surface area contributed by atoms with E-state index in [0.29, 0.717) is 6.42 Å². The predicted molar refractivity (Wildman–Crippen MR) is 132 cm³/mol. The topological polar surface area (TPSA) is 36.9 Å². The summed E-state index contributed by atoms with van der Waals surface area (Å²) in [7, 11) is -14.2. The van der Waals surface area contributed by atoms with Crippen LogP contribution in [0.4, 0.5) is 30.7 Å². The zero-order valence-corrected chi connectivity index (χ0v) is 27.0. The molecule has 0 heterocycles. The zero-order valence-electron chi connectivity index (χ0n) is 22.0. The van der Waals surface area contributed by atoms with E-state index >= 15 is 0 Å². The van der Waals surface area contributed by atoms with Gasteiger partial charge in [0.2, 0.25) is 0 Å². The molecule has 1 radical (unpaired) electrons. The molecule has 0 N–H and O–H groups in total. The van der Waals surface area contributed by atoms with E-state index in [0.717, 1.165) is 0 Å². The normalized spacial score (nSPS) is 17.1. The van der Waals surface area contributed by atoms with Crippen LogP contribution in [0.5, 0.6) is 0 Å². The highest BCUT2D eigenvalue weighted by Gasteiger charge is 2.72. The van der Waals surface area contributed by atoms with Crippen molar-refractivity contribution >= 4 is 42.3 Å². The predicted octanol–water partition coefficient (Wildman–Crippen LogP) is 7.94. The molecule has 0 aliphatic carbocycles. The molecule has 0 spiro atoms. The van der Waals surface area contributed by atoms with Crippen molar-refractivity contribution in [1.82, 2.24) is 0 Å². The molecule has 0 aliphatic rings. The van der Waals surface area contributed by atoms with Crippen molar-refractivity contribution in [3.63, 3.8) is 0 Å². The Morgan fingerprint density at radius 3 is 1.44 bits per heavy atom. The van der Waals surface area contributed by atoms with Crippen LogP contribution in [0.2, 0.25) is 71.5 Å². The van der Waals surface area contributed by atoms with E-state index in [4.69, 9.17) is 16.5 Å². The summed E-state index contributed by atoms with van der Waals surface area (Å²) < 4.78 is 118. The second-order valence-corrected chi connectivity index (χ2v) is 31.4. The van der Waals surface area contributed by atoms with Gasteiger partial charge in [-0.25, -0.2) is 0 Å². The molecule has 1 atom stereocenters. The number of hydrogen-bond acceptors (Lipinski definition) is 4. The maximum Gasteiger partial charge on any atom is 0.474 e. The SMILES string of the molecule is CC[CH][Si](O[Si](C)(C)C)(O[Si](C)(C)CCC(F)(F)C(F)(F)C(F)(F)F)O[Si](C)(C)O[Si](C)(C)C. The van der Waals surface area contributed by atoms with Crippen molar-refractivity contribution in [2.45, 2.75) is 109 Å². The van der Waals surface area contributed by atoms with Crippen LogP contribution in [0.1, 0.15) is 19.8 Å². The number of halogens is 7. The van der Waals surface area contributed by atoms with Crippen LogP contribution < -0.4 is 0 Å². The van der Waals surface area contributed by atoms with E-state index in [-0.39, 0.29) is 0 Å². The van der Waals surface area contributed by atoms with Crippen LogP contribution in [-0.2, 0) is 16.5 Å². The van der Waals surface area contributed by atoms with Gasteiger partial charge in [-0.1, -0.05) is 6.92 Å². The third kappa shape index (κ3) is 11.2. The van der Waals surface area contributed by atoms with Crippen LogP contribution in [-0.4, -0.2) is 60.3 Å². The van der Waals surface area contributed by atoms with Crippen LogP contribution >= 0.6 is 0 Å². The van der Waals surface area contributed by atoms with Gasteiger partial charge in [0.25, 0.3) is 0 Å². The second kappa shape index (κ2) is 11.0. The maximum atomic E-state index is 14.0. The molecule has 0 saturated heterocycles. The van der Waals surface area contributed by atoms with Gasteiger partial charge in [-0.2, -0.15) is 30.7 Å². The smallest absolute Gasteiger partial charge is 0.437 e. The van der Waals surface area contributed by atoms with Gasteiger partial charge in [0, 0.05) is 12.5 Å². The summed E-state index contributed by atoms with van der Waals surface area (Å²) >= 11 is 0. The molecule has 0 aromatic heterocycles. The van der Waals surface area contributed by atoms with Crippen LogP contribution in [0.3, 0.4) is 0 Å². The monoisotopic (exact) mass is 593 g/mol. The molecule has 205 valence electrons. The Bertz CT molecular complexity index is 665. The van der Waals surface area contributed by atoms with Crippen molar-refractivity contribution in [2.75, 3.05) is 0 Å². The Labute approximate surface area is 204 Å². The summed E-state index contributed by atoms with van der Waals surface area (Å²) in [5.74, 6) is -11.4. The lowest BCUT2D eigenvalue weighted by atomic mass is 10.1. The molecular formula is C18H40F7O4Si5. The fraction of sp³-hybridized carbons (Fsp3) is 0.944. The van der Waals surface area contributed by atoms with E-state index in [1.165, 1.54) is 13.1 Å². The first-order chi connectivity index (χ1) is 14.6. The zero-order chi connectivity index (χ0) is 27.7. The first-order valence-corrected chi connectivity index (χ1v) is 25.6. The highest BCUT2D eigenvalue weighted by Crippen LogP contribution is 2.49. The van der Waals surface area contributed by atoms with Gasteiger partial charge in [-0.3, -0.25) is 0 Å². The van der Waals surface area contributed by atoms with Gasteiger partial charge in [0.05, 0.1) is 0 Å². The van der Waals surface area contributed by atoms with Gasteiger partial charge in [-0.15, -0.1) is 0 Å². The molecule has 0 rings (SSSR count). The molecule has 1 unspecified atom stereocenters. The molecule has 0 bridgehead atoms. The second-order valence-electron chi connectivity index (χ2n) is 11.3. The summed E-state index contributed by atoms with van der Waals surface area (Å²) in [4.78, 5) is 0. The van der Waals surface area contributed by atoms with E-state index < -0.39 is 72.8 Å². The van der Waals surface area contributed by atoms with Gasteiger partial charge in [-0.05, 0) is 77.9 Å². The van der Waals surface area contributed by atoms with Gasteiger partial charge in [0.1, 0.15) is 0 Å². The molecule has 0 aliphatic heterocycles. The van der Waals surface area contributed by atoms with E-state index in [2.05, 4.69) is 0 Å². The molecular weight excluding hydrogens is 554 g/mol. The Hall–Kier alpha value is 0.434. The summed E-state index contributed by atoms with van der Waals surface area (Å²) in [5, 5.41) is 0. The quantitative estimate of drug-likeness (QED) is 0.151. The van der Waals surface area contributed by atoms with Crippen molar-refractivity contribution in [3.8, 4) is 0 Å². The Kier molecular flexibility index (Phi) is 11.2. The average molecular weight is 594 g/mol. The minimum atomic E-state index is -6.36. The van der Waals surface area contributed by atoms with Crippen molar-refractivity contribution in [1.29, 1.82) is 0 Å². The molecule has 0 saturated carbocycles. The maximum absolute atomic E-state index is 14.0. The van der Waals surface area contributed by atoms with Crippen molar-refractivity contribution in [2.24, 2.45) is 0 Å². The number of rotatable bonds is 14. The largest absolute Gasteiger partial charge is 0.474 e. The first-order valence-electron chi connectivity index (χ1n) is 11.1. The molecule has 16 heteroatoms. The molecule has 0 amide bonds. The van der Waals surface area contributed by atoms with E-state index in [9.17, 15) is 30.7 Å². The molecule has 0 fully saturated rings. The van der Waals surface area contributed by atoms with Gasteiger partial charge >= 0.3 is 35.4 Å². The minimum absolute atomic E-state index is 0.459. The Morgan fingerprint density at radius 1 is 0.647 bits per heavy atom. The third-order valence-electron chi connectivity index (χ3n) is 4.12. The number of hydrogen-bond donors (Lipinski definition) is 0. The summed E-state index contributed by atoms with van der Waals surface area (Å²) in [6, 6.07) is 1.08. The fourth-order valence-electron chi connectivity index (χ4n) is 3.22.